The number of benzene rings is 1. The molecule has 3 fully saturated rings. The molecule has 9 nitrogen and oxygen atoms in total. The van der Waals surface area contributed by atoms with Crippen LogP contribution in [0.25, 0.3) is 0 Å². The third-order valence-corrected chi connectivity index (χ3v) is 8.96. The Kier molecular flexibility index (Phi) is 6.43. The number of aliphatic hydroxyl groups is 1. The van der Waals surface area contributed by atoms with Crippen molar-refractivity contribution in [2.75, 3.05) is 7.11 Å². The number of allylic oxidation sites excluding steroid dienone is 1. The van der Waals surface area contributed by atoms with Crippen molar-refractivity contribution in [1.29, 1.82) is 0 Å². The summed E-state index contributed by atoms with van der Waals surface area (Å²) in [7, 11) is 1.61. The average Bonchev–Trinajstić information content (AvgIpc) is 3.49. The SMILES string of the molecule is COc1ccc(C[C@H]2NC(=O)[C@]34OC(=O)O/C=C/[C@](C)(O)C(=O)[C@H](C)C/C=C/[C@H]3[C@@H]3O[C@]3(C)[C@@H](C)[C@H]24)cc1. The summed E-state index contributed by atoms with van der Waals surface area (Å²) in [6.45, 7) is 7.12. The largest absolute Gasteiger partial charge is 0.514 e. The second-order valence-corrected chi connectivity index (χ2v) is 11.3. The number of hydrogen-bond acceptors (Lipinski definition) is 8. The quantitative estimate of drug-likeness (QED) is 0.351. The Balaban J connectivity index is 1.55. The highest BCUT2D eigenvalue weighted by atomic mass is 16.7. The first-order chi connectivity index (χ1) is 17.9. The van der Waals surface area contributed by atoms with Crippen LogP contribution in [0.1, 0.15) is 39.7 Å². The average molecular weight is 526 g/mol. The topological polar surface area (TPSA) is 124 Å². The molecule has 0 radical (unpaired) electrons. The predicted octanol–water partition coefficient (Wildman–Crippen LogP) is 3.10. The molecule has 9 heteroatoms. The van der Waals surface area contributed by atoms with Crippen LogP contribution in [-0.2, 0) is 30.2 Å². The van der Waals surface area contributed by atoms with E-state index in [1.54, 1.807) is 14.0 Å². The Hall–Kier alpha value is -3.17. The van der Waals surface area contributed by atoms with Crippen LogP contribution in [0.4, 0.5) is 4.79 Å². The van der Waals surface area contributed by atoms with Gasteiger partial charge in [0.25, 0.3) is 5.91 Å². The summed E-state index contributed by atoms with van der Waals surface area (Å²) >= 11 is 0. The predicted molar refractivity (Wildman–Crippen MR) is 136 cm³/mol. The molecule has 1 amide bonds. The standard InChI is InChI=1S/C29H35NO8/c1-16-7-6-8-20-24-28(4,37-24)17(2)22-21(15-18-9-11-19(35-5)12-10-18)30-25(32)29(20,22)38-26(33)36-14-13-27(3,34)23(16)31/h6,8-14,16-17,20-22,24,34H,7,15H2,1-5H3,(H,30,32)/b8-6+,14-13+/t16-,17+,20+,21-,22-,24+,27+,28-,29+/m1/s1. The Morgan fingerprint density at radius 1 is 1.13 bits per heavy atom. The number of amides is 1. The molecule has 4 aliphatic rings. The number of Topliss-reactive ketones (excluding diaryl/α,β-unsaturated/α-hetero) is 1. The molecule has 1 aliphatic carbocycles. The van der Waals surface area contributed by atoms with Gasteiger partial charge in [0.2, 0.25) is 5.60 Å². The minimum Gasteiger partial charge on any atom is -0.497 e. The zero-order chi connectivity index (χ0) is 27.5. The van der Waals surface area contributed by atoms with Crippen molar-refractivity contribution in [2.45, 2.75) is 69.5 Å². The lowest BCUT2D eigenvalue weighted by molar-refractivity contribution is -0.153. The summed E-state index contributed by atoms with van der Waals surface area (Å²) in [5.74, 6) is -1.71. The number of carbonyl (C=O) groups excluding carboxylic acids is 3. The molecular weight excluding hydrogens is 490 g/mol. The highest BCUT2D eigenvalue weighted by Crippen LogP contribution is 2.63. The fourth-order valence-electron chi connectivity index (χ4n) is 6.65. The molecule has 0 aromatic heterocycles. The van der Waals surface area contributed by atoms with Gasteiger partial charge in [0.1, 0.15) is 11.4 Å². The van der Waals surface area contributed by atoms with Crippen molar-refractivity contribution in [3.05, 3.63) is 54.3 Å². The minimum atomic E-state index is -1.82. The smallest absolute Gasteiger partial charge is 0.497 e. The molecule has 3 aliphatic heterocycles. The van der Waals surface area contributed by atoms with Crippen molar-refractivity contribution in [2.24, 2.45) is 23.7 Å². The number of methoxy groups -OCH3 is 1. The number of fused-ring (bicyclic) bond motifs is 2. The number of hydrogen-bond donors (Lipinski definition) is 2. The Morgan fingerprint density at radius 2 is 1.84 bits per heavy atom. The maximum absolute atomic E-state index is 13.9. The summed E-state index contributed by atoms with van der Waals surface area (Å²) < 4.78 is 22.6. The van der Waals surface area contributed by atoms with Crippen LogP contribution in [0.3, 0.4) is 0 Å². The highest BCUT2D eigenvalue weighted by Gasteiger charge is 2.78. The number of rotatable bonds is 3. The van der Waals surface area contributed by atoms with Crippen molar-refractivity contribution in [1.82, 2.24) is 5.32 Å². The van der Waals surface area contributed by atoms with Gasteiger partial charge in [-0.3, -0.25) is 9.59 Å². The number of cyclic esters (lactones) is 1. The summed E-state index contributed by atoms with van der Waals surface area (Å²) in [5, 5.41) is 13.7. The third kappa shape index (κ3) is 4.12. The molecule has 38 heavy (non-hydrogen) atoms. The molecule has 2 N–H and O–H groups in total. The van der Waals surface area contributed by atoms with Crippen LogP contribution in [0.5, 0.6) is 5.75 Å². The van der Waals surface area contributed by atoms with Crippen LogP contribution in [0.2, 0.25) is 0 Å². The van der Waals surface area contributed by atoms with Crippen LogP contribution >= 0.6 is 0 Å². The lowest BCUT2D eigenvalue weighted by Crippen LogP contribution is -2.61. The van der Waals surface area contributed by atoms with Gasteiger partial charge in [-0.15, -0.1) is 0 Å². The van der Waals surface area contributed by atoms with Crippen molar-refractivity contribution >= 4 is 17.8 Å². The Bertz CT molecular complexity index is 1190. The normalized spacial score (nSPS) is 43.9. The lowest BCUT2D eigenvalue weighted by atomic mass is 9.59. The van der Waals surface area contributed by atoms with Gasteiger partial charge >= 0.3 is 6.16 Å². The van der Waals surface area contributed by atoms with Gasteiger partial charge in [-0.25, -0.2) is 4.79 Å². The van der Waals surface area contributed by atoms with E-state index in [9.17, 15) is 19.5 Å². The second kappa shape index (κ2) is 9.24. The van der Waals surface area contributed by atoms with E-state index in [0.29, 0.717) is 12.8 Å². The van der Waals surface area contributed by atoms with E-state index in [0.717, 1.165) is 23.7 Å². The zero-order valence-corrected chi connectivity index (χ0v) is 22.3. The zero-order valence-electron chi connectivity index (χ0n) is 22.3. The highest BCUT2D eigenvalue weighted by molar-refractivity contribution is 5.92. The number of epoxide rings is 1. The molecule has 2 saturated heterocycles. The first-order valence-electron chi connectivity index (χ1n) is 13.1. The molecule has 204 valence electrons. The fourth-order valence-corrected chi connectivity index (χ4v) is 6.65. The third-order valence-electron chi connectivity index (χ3n) is 8.96. The van der Waals surface area contributed by atoms with E-state index in [1.807, 2.05) is 50.3 Å². The number of ketones is 1. The van der Waals surface area contributed by atoms with Crippen LogP contribution < -0.4 is 10.1 Å². The number of ether oxygens (including phenoxy) is 4. The molecule has 3 heterocycles. The summed E-state index contributed by atoms with van der Waals surface area (Å²) in [6, 6.07) is 7.32. The van der Waals surface area contributed by atoms with E-state index in [4.69, 9.17) is 18.9 Å². The van der Waals surface area contributed by atoms with Gasteiger partial charge in [-0.05, 0) is 56.4 Å². The molecule has 9 atom stereocenters. The minimum absolute atomic E-state index is 0.125. The van der Waals surface area contributed by atoms with Gasteiger partial charge in [-0.2, -0.15) is 0 Å². The van der Waals surface area contributed by atoms with Gasteiger partial charge in [0.05, 0.1) is 31.0 Å². The molecule has 5 rings (SSSR count). The van der Waals surface area contributed by atoms with E-state index in [1.165, 1.54) is 6.92 Å². The van der Waals surface area contributed by atoms with Crippen molar-refractivity contribution in [3.8, 4) is 5.75 Å². The van der Waals surface area contributed by atoms with Crippen LogP contribution in [0, 0.1) is 23.7 Å². The lowest BCUT2D eigenvalue weighted by Gasteiger charge is -2.45. The maximum atomic E-state index is 13.9. The molecule has 1 aromatic rings. The summed E-state index contributed by atoms with van der Waals surface area (Å²) in [5.41, 5.74) is -2.89. The molecule has 1 saturated carbocycles. The van der Waals surface area contributed by atoms with Gasteiger partial charge in [-0.1, -0.05) is 38.1 Å². The maximum Gasteiger partial charge on any atom is 0.514 e. The second-order valence-electron chi connectivity index (χ2n) is 11.3. The Labute approximate surface area is 222 Å². The molecule has 0 bridgehead atoms. The summed E-state index contributed by atoms with van der Waals surface area (Å²) in [6.07, 6.45) is 5.15. The van der Waals surface area contributed by atoms with Crippen LogP contribution in [-0.4, -0.2) is 59.0 Å². The fraction of sp³-hybridized carbons (Fsp3) is 0.552. The number of nitrogens with one attached hydrogen (secondary N) is 1. The van der Waals surface area contributed by atoms with Crippen LogP contribution in [0.15, 0.2) is 48.8 Å². The molecule has 1 aromatic carbocycles. The number of carbonyl (C=O) groups is 3. The summed E-state index contributed by atoms with van der Waals surface area (Å²) in [4.78, 5) is 39.7. The van der Waals surface area contributed by atoms with Crippen molar-refractivity contribution in [3.63, 3.8) is 0 Å². The monoisotopic (exact) mass is 525 g/mol. The van der Waals surface area contributed by atoms with Crippen molar-refractivity contribution < 1.29 is 38.4 Å². The van der Waals surface area contributed by atoms with E-state index < -0.39 is 52.4 Å². The molecule has 1 spiro atoms. The first kappa shape index (κ1) is 26.4. The Morgan fingerprint density at radius 3 is 2.53 bits per heavy atom. The molecular formula is C29H35NO8. The van der Waals surface area contributed by atoms with Gasteiger partial charge in [0, 0.05) is 17.9 Å². The van der Waals surface area contributed by atoms with E-state index in [-0.39, 0.29) is 18.1 Å². The van der Waals surface area contributed by atoms with E-state index in [2.05, 4.69) is 5.32 Å². The van der Waals surface area contributed by atoms with Gasteiger partial charge < -0.3 is 29.4 Å². The first-order valence-corrected chi connectivity index (χ1v) is 13.1. The molecule has 0 unspecified atom stereocenters. The van der Waals surface area contributed by atoms with Gasteiger partial charge in [0.15, 0.2) is 5.78 Å². The van der Waals surface area contributed by atoms with E-state index >= 15 is 0 Å².